The molecule has 0 saturated carbocycles. The van der Waals surface area contributed by atoms with Crippen LogP contribution >= 0.6 is 11.3 Å². The lowest BCUT2D eigenvalue weighted by molar-refractivity contribution is 0.0908. The van der Waals surface area contributed by atoms with Crippen LogP contribution in [0.25, 0.3) is 10.9 Å². The van der Waals surface area contributed by atoms with Gasteiger partial charge in [-0.05, 0) is 32.0 Å². The molecule has 0 aliphatic heterocycles. The number of nitrogen functional groups attached to an aromatic ring is 1. The maximum atomic E-state index is 12.5. The van der Waals surface area contributed by atoms with Gasteiger partial charge in [-0.3, -0.25) is 9.89 Å². The highest BCUT2D eigenvalue weighted by Gasteiger charge is 2.27. The number of nitrogens with one attached hydrogen (secondary N) is 2. The van der Waals surface area contributed by atoms with E-state index in [0.29, 0.717) is 16.8 Å². The number of thiazole rings is 1. The lowest BCUT2D eigenvalue weighted by atomic mass is 10.1. The second-order valence-electron chi connectivity index (χ2n) is 5.29. The number of carbonyl (C=O) groups is 1. The van der Waals surface area contributed by atoms with Crippen LogP contribution < -0.4 is 11.1 Å². The topological polar surface area (TPSA) is 96.7 Å². The Bertz CT molecular complexity index is 791. The number of aromatic nitrogens is 3. The van der Waals surface area contributed by atoms with Gasteiger partial charge in [0.25, 0.3) is 5.91 Å². The second-order valence-corrected chi connectivity index (χ2v) is 6.19. The first-order valence-electron chi connectivity index (χ1n) is 6.43. The van der Waals surface area contributed by atoms with Gasteiger partial charge in [0.15, 0.2) is 5.69 Å². The number of fused-ring (bicyclic) bond motifs is 1. The van der Waals surface area contributed by atoms with Crippen LogP contribution in [0.5, 0.6) is 0 Å². The minimum absolute atomic E-state index is 0.257. The first kappa shape index (κ1) is 13.6. The number of hydrogen-bond acceptors (Lipinski definition) is 5. The van der Waals surface area contributed by atoms with Gasteiger partial charge in [0, 0.05) is 22.7 Å². The molecule has 0 aliphatic rings. The van der Waals surface area contributed by atoms with Crippen molar-refractivity contribution < 1.29 is 4.79 Å². The first-order valence-corrected chi connectivity index (χ1v) is 7.31. The Balaban J connectivity index is 1.92. The monoisotopic (exact) mass is 301 g/mol. The Morgan fingerprint density at radius 3 is 2.95 bits per heavy atom. The molecule has 7 heteroatoms. The zero-order valence-corrected chi connectivity index (χ0v) is 12.5. The zero-order valence-electron chi connectivity index (χ0n) is 11.7. The standard InChI is InChI=1S/C14H15N5OS/c1-14(2,13-16-5-6-21-13)17-12(20)11-9-7-8(15)3-4-10(9)18-19-11/h3-7H,15H2,1-2H3,(H,17,20)(H,18,19). The highest BCUT2D eigenvalue weighted by atomic mass is 32.1. The van der Waals surface area contributed by atoms with Gasteiger partial charge in [-0.15, -0.1) is 11.3 Å². The summed E-state index contributed by atoms with van der Waals surface area (Å²) < 4.78 is 0. The summed E-state index contributed by atoms with van der Waals surface area (Å²) in [4.78, 5) is 16.7. The van der Waals surface area contributed by atoms with Crippen LogP contribution in [-0.2, 0) is 5.54 Å². The van der Waals surface area contributed by atoms with E-state index in [1.807, 2.05) is 19.2 Å². The molecule has 108 valence electrons. The van der Waals surface area contributed by atoms with Crippen molar-refractivity contribution in [2.75, 3.05) is 5.73 Å². The number of carbonyl (C=O) groups excluding carboxylic acids is 1. The molecule has 2 heterocycles. The third kappa shape index (κ3) is 2.47. The number of nitrogens with zero attached hydrogens (tertiary/aromatic N) is 2. The number of amides is 1. The smallest absolute Gasteiger partial charge is 0.273 e. The molecule has 0 atom stereocenters. The first-order chi connectivity index (χ1) is 9.97. The van der Waals surface area contributed by atoms with Crippen LogP contribution in [0.2, 0.25) is 0 Å². The molecule has 0 spiro atoms. The average Bonchev–Trinajstić information content (AvgIpc) is 3.07. The summed E-state index contributed by atoms with van der Waals surface area (Å²) in [5.41, 5.74) is 6.92. The van der Waals surface area contributed by atoms with Gasteiger partial charge in [-0.2, -0.15) is 5.10 Å². The van der Waals surface area contributed by atoms with E-state index in [2.05, 4.69) is 20.5 Å². The molecule has 0 bridgehead atoms. The summed E-state index contributed by atoms with van der Waals surface area (Å²) in [6.45, 7) is 3.82. The van der Waals surface area contributed by atoms with E-state index in [9.17, 15) is 4.79 Å². The normalized spacial score (nSPS) is 11.7. The molecule has 1 aromatic carbocycles. The molecule has 0 unspecified atom stereocenters. The van der Waals surface area contributed by atoms with Crippen LogP contribution in [-0.4, -0.2) is 21.1 Å². The maximum absolute atomic E-state index is 12.5. The second kappa shape index (κ2) is 4.85. The predicted molar refractivity (Wildman–Crippen MR) is 83.1 cm³/mol. The molecule has 0 saturated heterocycles. The fraction of sp³-hybridized carbons (Fsp3) is 0.214. The SMILES string of the molecule is CC(C)(NC(=O)c1n[nH]c2ccc(N)cc12)c1nccs1. The number of aromatic amines is 1. The van der Waals surface area contributed by atoms with E-state index < -0.39 is 5.54 Å². The fourth-order valence-corrected chi connectivity index (χ4v) is 2.85. The van der Waals surface area contributed by atoms with Gasteiger partial charge in [0.1, 0.15) is 5.01 Å². The molecule has 0 aliphatic carbocycles. The van der Waals surface area contributed by atoms with Gasteiger partial charge < -0.3 is 11.1 Å². The number of nitrogens with two attached hydrogens (primary N) is 1. The summed E-state index contributed by atoms with van der Waals surface area (Å²) in [6.07, 6.45) is 1.72. The summed E-state index contributed by atoms with van der Waals surface area (Å²) in [5, 5.41) is 13.3. The van der Waals surface area contributed by atoms with Crippen molar-refractivity contribution in [2.24, 2.45) is 0 Å². The Labute approximate surface area is 125 Å². The molecule has 0 radical (unpaired) electrons. The van der Waals surface area contributed by atoms with Crippen LogP contribution in [0.1, 0.15) is 29.3 Å². The van der Waals surface area contributed by atoms with E-state index >= 15 is 0 Å². The Morgan fingerprint density at radius 2 is 2.24 bits per heavy atom. The van der Waals surface area contributed by atoms with Gasteiger partial charge >= 0.3 is 0 Å². The van der Waals surface area contributed by atoms with Crippen molar-refractivity contribution in [3.63, 3.8) is 0 Å². The molecule has 4 N–H and O–H groups in total. The van der Waals surface area contributed by atoms with Crippen LogP contribution in [0.15, 0.2) is 29.8 Å². The van der Waals surface area contributed by atoms with Gasteiger partial charge in [0.2, 0.25) is 0 Å². The number of rotatable bonds is 3. The quantitative estimate of drug-likeness (QED) is 0.646. The summed E-state index contributed by atoms with van der Waals surface area (Å²) >= 11 is 1.50. The van der Waals surface area contributed by atoms with Crippen molar-refractivity contribution in [1.82, 2.24) is 20.5 Å². The van der Waals surface area contributed by atoms with Gasteiger partial charge in [0.05, 0.1) is 11.1 Å². The summed E-state index contributed by atoms with van der Waals surface area (Å²) in [7, 11) is 0. The highest BCUT2D eigenvalue weighted by Crippen LogP contribution is 2.24. The van der Waals surface area contributed by atoms with Crippen molar-refractivity contribution >= 4 is 33.8 Å². The van der Waals surface area contributed by atoms with Crippen molar-refractivity contribution in [1.29, 1.82) is 0 Å². The lowest BCUT2D eigenvalue weighted by Gasteiger charge is -2.23. The largest absolute Gasteiger partial charge is 0.399 e. The van der Waals surface area contributed by atoms with Crippen molar-refractivity contribution in [3.8, 4) is 0 Å². The van der Waals surface area contributed by atoms with E-state index in [1.54, 1.807) is 24.4 Å². The number of H-pyrrole nitrogens is 1. The van der Waals surface area contributed by atoms with Crippen LogP contribution in [0.4, 0.5) is 5.69 Å². The third-order valence-electron chi connectivity index (χ3n) is 3.19. The van der Waals surface area contributed by atoms with E-state index in [-0.39, 0.29) is 5.91 Å². The minimum Gasteiger partial charge on any atom is -0.399 e. The van der Waals surface area contributed by atoms with E-state index in [0.717, 1.165) is 10.5 Å². The maximum Gasteiger partial charge on any atom is 0.273 e. The molecule has 1 amide bonds. The molecule has 6 nitrogen and oxygen atoms in total. The van der Waals surface area contributed by atoms with Gasteiger partial charge in [-0.1, -0.05) is 0 Å². The molecule has 3 rings (SSSR count). The number of benzene rings is 1. The van der Waals surface area contributed by atoms with Crippen molar-refractivity contribution in [2.45, 2.75) is 19.4 Å². The predicted octanol–water partition coefficient (Wildman–Crippen LogP) is 2.27. The van der Waals surface area contributed by atoms with Crippen molar-refractivity contribution in [3.05, 3.63) is 40.5 Å². The fourth-order valence-electron chi connectivity index (χ4n) is 2.13. The lowest BCUT2D eigenvalue weighted by Crippen LogP contribution is -2.41. The highest BCUT2D eigenvalue weighted by molar-refractivity contribution is 7.09. The Kier molecular flexibility index (Phi) is 3.13. The van der Waals surface area contributed by atoms with Crippen LogP contribution in [0.3, 0.4) is 0 Å². The van der Waals surface area contributed by atoms with Gasteiger partial charge in [-0.25, -0.2) is 4.98 Å². The molecular weight excluding hydrogens is 286 g/mol. The summed E-state index contributed by atoms with van der Waals surface area (Å²) in [5.74, 6) is -0.257. The zero-order chi connectivity index (χ0) is 15.0. The third-order valence-corrected chi connectivity index (χ3v) is 4.29. The Hall–Kier alpha value is -2.41. The van der Waals surface area contributed by atoms with Crippen LogP contribution in [0, 0.1) is 0 Å². The molecule has 0 fully saturated rings. The molecular formula is C14H15N5OS. The average molecular weight is 301 g/mol. The van der Waals surface area contributed by atoms with E-state index in [1.165, 1.54) is 11.3 Å². The summed E-state index contributed by atoms with van der Waals surface area (Å²) in [6, 6.07) is 5.31. The Morgan fingerprint density at radius 1 is 1.43 bits per heavy atom. The minimum atomic E-state index is -0.559. The molecule has 3 aromatic rings. The number of anilines is 1. The number of hydrogen-bond donors (Lipinski definition) is 3. The van der Waals surface area contributed by atoms with E-state index in [4.69, 9.17) is 5.73 Å². The molecule has 2 aromatic heterocycles. The molecule has 21 heavy (non-hydrogen) atoms.